The Labute approximate surface area is 118 Å². The minimum Gasteiger partial charge on any atom is -0.496 e. The van der Waals surface area contributed by atoms with E-state index in [0.29, 0.717) is 12.3 Å². The number of halogens is 3. The lowest BCUT2D eigenvalue weighted by Gasteiger charge is -2.10. The lowest BCUT2D eigenvalue weighted by Crippen LogP contribution is -2.03. The predicted molar refractivity (Wildman–Crippen MR) is 74.4 cm³/mol. The third-order valence-corrected chi connectivity index (χ3v) is 3.27. The number of anilines is 1. The molecule has 0 amide bonds. The molecule has 2 aromatic carbocycles. The van der Waals surface area contributed by atoms with Gasteiger partial charge < -0.3 is 10.1 Å². The minimum atomic E-state index is -0.604. The molecule has 0 aliphatic carbocycles. The summed E-state index contributed by atoms with van der Waals surface area (Å²) in [5.74, 6) is -0.499. The molecule has 19 heavy (non-hydrogen) atoms. The van der Waals surface area contributed by atoms with Crippen molar-refractivity contribution < 1.29 is 13.5 Å². The smallest absolute Gasteiger partial charge is 0.149 e. The van der Waals surface area contributed by atoms with Crippen LogP contribution in [0, 0.1) is 11.6 Å². The molecule has 0 spiro atoms. The fraction of sp³-hybridized carbons (Fsp3) is 0.143. The Morgan fingerprint density at radius 2 is 1.84 bits per heavy atom. The number of methoxy groups -OCH3 is 1. The summed E-state index contributed by atoms with van der Waals surface area (Å²) < 4.78 is 32.7. The highest BCUT2D eigenvalue weighted by Gasteiger charge is 2.08. The molecule has 2 rings (SSSR count). The second kappa shape index (κ2) is 6.02. The van der Waals surface area contributed by atoms with Crippen molar-refractivity contribution in [3.8, 4) is 5.75 Å². The van der Waals surface area contributed by atoms with Crippen LogP contribution >= 0.6 is 15.9 Å². The fourth-order valence-corrected chi connectivity index (χ4v) is 2.27. The van der Waals surface area contributed by atoms with Crippen molar-refractivity contribution in [2.75, 3.05) is 12.4 Å². The van der Waals surface area contributed by atoms with Crippen molar-refractivity contribution in [3.63, 3.8) is 0 Å². The second-order valence-corrected chi connectivity index (χ2v) is 4.77. The summed E-state index contributed by atoms with van der Waals surface area (Å²) in [6.45, 7) is 0.320. The molecule has 100 valence electrons. The summed E-state index contributed by atoms with van der Waals surface area (Å²) in [5, 5.41) is 2.75. The van der Waals surface area contributed by atoms with E-state index in [9.17, 15) is 8.78 Å². The van der Waals surface area contributed by atoms with Crippen LogP contribution in [0.1, 0.15) is 5.56 Å². The van der Waals surface area contributed by atoms with Gasteiger partial charge in [0.05, 0.1) is 11.6 Å². The van der Waals surface area contributed by atoms with Gasteiger partial charge in [-0.15, -0.1) is 0 Å². The summed E-state index contributed by atoms with van der Waals surface area (Å²) in [7, 11) is 1.58. The van der Waals surface area contributed by atoms with Gasteiger partial charge in [-0.1, -0.05) is 12.1 Å². The molecule has 0 unspecified atom stereocenters. The number of rotatable bonds is 4. The van der Waals surface area contributed by atoms with Crippen molar-refractivity contribution >= 4 is 21.6 Å². The SMILES string of the molecule is COc1ccc(CNc2c(F)cccc2F)cc1Br. The van der Waals surface area contributed by atoms with E-state index in [1.807, 2.05) is 12.1 Å². The van der Waals surface area contributed by atoms with Crippen LogP contribution < -0.4 is 10.1 Å². The van der Waals surface area contributed by atoms with Crippen LogP contribution in [0.15, 0.2) is 40.9 Å². The molecule has 0 radical (unpaired) electrons. The molecule has 0 saturated carbocycles. The van der Waals surface area contributed by atoms with Gasteiger partial charge in [-0.3, -0.25) is 0 Å². The van der Waals surface area contributed by atoms with Crippen molar-refractivity contribution in [2.45, 2.75) is 6.54 Å². The van der Waals surface area contributed by atoms with E-state index in [-0.39, 0.29) is 5.69 Å². The first-order chi connectivity index (χ1) is 9.11. The maximum atomic E-state index is 13.4. The molecule has 0 bridgehead atoms. The third kappa shape index (κ3) is 3.23. The Morgan fingerprint density at radius 1 is 1.16 bits per heavy atom. The largest absolute Gasteiger partial charge is 0.496 e. The molecule has 2 nitrogen and oxygen atoms in total. The molecule has 0 aliphatic rings. The summed E-state index contributed by atoms with van der Waals surface area (Å²) in [4.78, 5) is 0. The Morgan fingerprint density at radius 3 is 2.42 bits per heavy atom. The van der Waals surface area contributed by atoms with Crippen LogP contribution in [0.3, 0.4) is 0 Å². The Hall–Kier alpha value is -1.62. The van der Waals surface area contributed by atoms with Gasteiger partial charge >= 0.3 is 0 Å². The van der Waals surface area contributed by atoms with E-state index < -0.39 is 11.6 Å². The third-order valence-electron chi connectivity index (χ3n) is 2.65. The van der Waals surface area contributed by atoms with Crippen molar-refractivity contribution in [2.24, 2.45) is 0 Å². The van der Waals surface area contributed by atoms with Gasteiger partial charge in [0.1, 0.15) is 23.1 Å². The zero-order valence-corrected chi connectivity index (χ0v) is 11.8. The standard InChI is InChI=1S/C14H12BrF2NO/c1-19-13-6-5-9(7-10(13)15)8-18-14-11(16)3-2-4-12(14)17/h2-7,18H,8H2,1H3. The molecule has 0 atom stereocenters. The van der Waals surface area contributed by atoms with Crippen LogP contribution in [0.25, 0.3) is 0 Å². The van der Waals surface area contributed by atoms with Crippen molar-refractivity contribution in [1.82, 2.24) is 0 Å². The Kier molecular flexibility index (Phi) is 4.37. The van der Waals surface area contributed by atoms with E-state index in [1.54, 1.807) is 13.2 Å². The average molecular weight is 328 g/mol. The first kappa shape index (κ1) is 13.8. The number of ether oxygens (including phenoxy) is 1. The molecule has 0 fully saturated rings. The molecule has 5 heteroatoms. The highest BCUT2D eigenvalue weighted by atomic mass is 79.9. The van der Waals surface area contributed by atoms with E-state index in [0.717, 1.165) is 10.0 Å². The summed E-state index contributed by atoms with van der Waals surface area (Å²) >= 11 is 3.36. The minimum absolute atomic E-state index is 0.116. The predicted octanol–water partition coefficient (Wildman–Crippen LogP) is 4.35. The molecule has 2 aromatic rings. The quantitative estimate of drug-likeness (QED) is 0.901. The lowest BCUT2D eigenvalue weighted by molar-refractivity contribution is 0.412. The van der Waals surface area contributed by atoms with Crippen molar-refractivity contribution in [3.05, 3.63) is 58.1 Å². The highest BCUT2D eigenvalue weighted by molar-refractivity contribution is 9.10. The van der Waals surface area contributed by atoms with Gasteiger partial charge in [0, 0.05) is 6.54 Å². The second-order valence-electron chi connectivity index (χ2n) is 3.92. The molecule has 0 heterocycles. The zero-order valence-electron chi connectivity index (χ0n) is 10.2. The number of hydrogen-bond acceptors (Lipinski definition) is 2. The molecular formula is C14H12BrF2NO. The summed E-state index contributed by atoms with van der Waals surface area (Å²) in [5.41, 5.74) is 0.768. The van der Waals surface area contributed by atoms with Crippen molar-refractivity contribution in [1.29, 1.82) is 0 Å². The first-order valence-corrected chi connectivity index (χ1v) is 6.41. The van der Waals surface area contributed by atoms with Crippen LogP contribution in [-0.2, 0) is 6.54 Å². The molecular weight excluding hydrogens is 316 g/mol. The molecule has 0 aromatic heterocycles. The normalized spacial score (nSPS) is 10.3. The van der Waals surface area contributed by atoms with E-state index in [4.69, 9.17) is 4.74 Å². The molecule has 1 N–H and O–H groups in total. The molecule has 0 aliphatic heterocycles. The number of nitrogens with one attached hydrogen (secondary N) is 1. The van der Waals surface area contributed by atoms with Gasteiger partial charge in [0.15, 0.2) is 0 Å². The lowest BCUT2D eigenvalue weighted by atomic mass is 10.2. The first-order valence-electron chi connectivity index (χ1n) is 5.62. The van der Waals surface area contributed by atoms with Gasteiger partial charge in [-0.2, -0.15) is 0 Å². The topological polar surface area (TPSA) is 21.3 Å². The van der Waals surface area contributed by atoms with E-state index in [1.165, 1.54) is 18.2 Å². The van der Waals surface area contributed by atoms with E-state index in [2.05, 4.69) is 21.2 Å². The number of para-hydroxylation sites is 1. The summed E-state index contributed by atoms with van der Waals surface area (Å²) in [6, 6.07) is 9.23. The molecule has 0 saturated heterocycles. The fourth-order valence-electron chi connectivity index (χ4n) is 1.68. The van der Waals surface area contributed by atoms with Gasteiger partial charge in [0.2, 0.25) is 0 Å². The zero-order chi connectivity index (χ0) is 13.8. The van der Waals surface area contributed by atoms with Crippen LogP contribution in [0.5, 0.6) is 5.75 Å². The highest BCUT2D eigenvalue weighted by Crippen LogP contribution is 2.26. The van der Waals surface area contributed by atoms with Gasteiger partial charge in [0.25, 0.3) is 0 Å². The number of hydrogen-bond donors (Lipinski definition) is 1. The van der Waals surface area contributed by atoms with E-state index >= 15 is 0 Å². The van der Waals surface area contributed by atoms with Crippen LogP contribution in [-0.4, -0.2) is 7.11 Å². The summed E-state index contributed by atoms with van der Waals surface area (Å²) in [6.07, 6.45) is 0. The number of benzene rings is 2. The van der Waals surface area contributed by atoms with Crippen LogP contribution in [0.4, 0.5) is 14.5 Å². The van der Waals surface area contributed by atoms with Gasteiger partial charge in [-0.25, -0.2) is 8.78 Å². The maximum absolute atomic E-state index is 13.4. The Balaban J connectivity index is 2.13. The Bertz CT molecular complexity index is 569. The monoisotopic (exact) mass is 327 g/mol. The van der Waals surface area contributed by atoms with Gasteiger partial charge in [-0.05, 0) is 45.8 Å². The average Bonchev–Trinajstić information content (AvgIpc) is 2.38. The maximum Gasteiger partial charge on any atom is 0.149 e. The van der Waals surface area contributed by atoms with Crippen LogP contribution in [0.2, 0.25) is 0 Å².